The molecule has 2 nitrogen and oxygen atoms in total. The summed E-state index contributed by atoms with van der Waals surface area (Å²) in [7, 11) is 0. The van der Waals surface area contributed by atoms with Gasteiger partial charge in [-0.1, -0.05) is 13.0 Å². The third-order valence-electron chi connectivity index (χ3n) is 2.89. The molecule has 0 fully saturated rings. The molecular weight excluding hydrogens is 247 g/mol. The Hall–Kier alpha value is -1.26. The Morgan fingerprint density at radius 1 is 1.44 bits per heavy atom. The zero-order valence-corrected chi connectivity index (χ0v) is 11.4. The molecule has 0 spiro atoms. The van der Waals surface area contributed by atoms with Gasteiger partial charge in [0, 0.05) is 5.38 Å². The minimum Gasteiger partial charge on any atom is -0.305 e. The first-order valence-electron chi connectivity index (χ1n) is 6.10. The van der Waals surface area contributed by atoms with E-state index in [0.717, 1.165) is 29.8 Å². The van der Waals surface area contributed by atoms with E-state index in [9.17, 15) is 4.39 Å². The van der Waals surface area contributed by atoms with Crippen LogP contribution in [0, 0.1) is 12.7 Å². The number of nitrogens with zero attached hydrogens (tertiary/aromatic N) is 1. The van der Waals surface area contributed by atoms with Crippen molar-refractivity contribution in [1.82, 2.24) is 10.3 Å². The van der Waals surface area contributed by atoms with Crippen LogP contribution in [0.4, 0.5) is 4.39 Å². The van der Waals surface area contributed by atoms with E-state index in [1.807, 2.05) is 23.9 Å². The lowest BCUT2D eigenvalue weighted by molar-refractivity contribution is 0.581. The molecule has 0 bridgehead atoms. The first-order valence-corrected chi connectivity index (χ1v) is 7.04. The van der Waals surface area contributed by atoms with Crippen LogP contribution in [0.5, 0.6) is 0 Å². The van der Waals surface area contributed by atoms with Crippen molar-refractivity contribution in [3.05, 3.63) is 51.7 Å². The second-order valence-electron chi connectivity index (χ2n) is 4.30. The van der Waals surface area contributed by atoms with Crippen molar-refractivity contribution in [2.75, 3.05) is 6.54 Å². The fourth-order valence-electron chi connectivity index (χ4n) is 1.99. The standard InChI is InChI=1S/C14H17FN2S/c1-3-6-16-14(13-8-18-9-17-13)12-5-4-11(15)7-10(12)2/h4-5,7-9,14,16H,3,6H2,1-2H3. The van der Waals surface area contributed by atoms with E-state index < -0.39 is 0 Å². The minimum atomic E-state index is -0.191. The molecule has 0 saturated carbocycles. The molecule has 0 radical (unpaired) electrons. The van der Waals surface area contributed by atoms with E-state index >= 15 is 0 Å². The van der Waals surface area contributed by atoms with Crippen LogP contribution in [0.2, 0.25) is 0 Å². The van der Waals surface area contributed by atoms with Crippen LogP contribution in [0.3, 0.4) is 0 Å². The number of benzene rings is 1. The highest BCUT2D eigenvalue weighted by Gasteiger charge is 2.17. The molecule has 1 unspecified atom stereocenters. The fourth-order valence-corrected chi connectivity index (χ4v) is 2.57. The Balaban J connectivity index is 2.33. The summed E-state index contributed by atoms with van der Waals surface area (Å²) in [6.07, 6.45) is 1.06. The largest absolute Gasteiger partial charge is 0.305 e. The van der Waals surface area contributed by atoms with Gasteiger partial charge in [0.25, 0.3) is 0 Å². The number of aryl methyl sites for hydroxylation is 1. The first-order chi connectivity index (χ1) is 8.72. The molecule has 0 amide bonds. The maximum Gasteiger partial charge on any atom is 0.123 e. The van der Waals surface area contributed by atoms with Crippen molar-refractivity contribution < 1.29 is 4.39 Å². The monoisotopic (exact) mass is 264 g/mol. The smallest absolute Gasteiger partial charge is 0.123 e. The van der Waals surface area contributed by atoms with Gasteiger partial charge in [0.2, 0.25) is 0 Å². The Labute approximate surface area is 111 Å². The van der Waals surface area contributed by atoms with Crippen molar-refractivity contribution in [3.8, 4) is 0 Å². The molecule has 1 atom stereocenters. The lowest BCUT2D eigenvalue weighted by Crippen LogP contribution is -2.24. The summed E-state index contributed by atoms with van der Waals surface area (Å²) in [5.74, 6) is -0.191. The molecule has 18 heavy (non-hydrogen) atoms. The average Bonchev–Trinajstić information content (AvgIpc) is 2.85. The van der Waals surface area contributed by atoms with Crippen LogP contribution in [0.25, 0.3) is 0 Å². The van der Waals surface area contributed by atoms with Gasteiger partial charge in [-0.3, -0.25) is 0 Å². The van der Waals surface area contributed by atoms with Crippen molar-refractivity contribution in [2.45, 2.75) is 26.3 Å². The number of rotatable bonds is 5. The minimum absolute atomic E-state index is 0.0526. The molecule has 0 aliphatic carbocycles. The van der Waals surface area contributed by atoms with E-state index in [0.29, 0.717) is 0 Å². The summed E-state index contributed by atoms with van der Waals surface area (Å²) < 4.78 is 13.2. The summed E-state index contributed by atoms with van der Waals surface area (Å²) in [4.78, 5) is 4.37. The van der Waals surface area contributed by atoms with Gasteiger partial charge >= 0.3 is 0 Å². The second-order valence-corrected chi connectivity index (χ2v) is 5.02. The highest BCUT2D eigenvalue weighted by molar-refractivity contribution is 7.07. The zero-order valence-electron chi connectivity index (χ0n) is 10.6. The predicted octanol–water partition coefficient (Wildman–Crippen LogP) is 3.68. The number of halogens is 1. The molecule has 1 aromatic carbocycles. The number of hydrogen-bond acceptors (Lipinski definition) is 3. The molecular formula is C14H17FN2S. The maximum absolute atomic E-state index is 13.2. The van der Waals surface area contributed by atoms with Crippen LogP contribution in [-0.2, 0) is 0 Å². The van der Waals surface area contributed by atoms with Gasteiger partial charge in [-0.15, -0.1) is 11.3 Å². The van der Waals surface area contributed by atoms with E-state index in [2.05, 4.69) is 17.2 Å². The van der Waals surface area contributed by atoms with Gasteiger partial charge in [0.1, 0.15) is 5.82 Å². The van der Waals surface area contributed by atoms with Crippen molar-refractivity contribution in [2.24, 2.45) is 0 Å². The number of nitrogens with one attached hydrogen (secondary N) is 1. The molecule has 1 aromatic heterocycles. The van der Waals surface area contributed by atoms with Crippen LogP contribution < -0.4 is 5.32 Å². The summed E-state index contributed by atoms with van der Waals surface area (Å²) in [6.45, 7) is 4.98. The van der Waals surface area contributed by atoms with Gasteiger partial charge in [0.05, 0.1) is 17.2 Å². The maximum atomic E-state index is 13.2. The van der Waals surface area contributed by atoms with E-state index in [1.165, 1.54) is 6.07 Å². The number of thiazole rings is 1. The predicted molar refractivity (Wildman–Crippen MR) is 73.4 cm³/mol. The van der Waals surface area contributed by atoms with Crippen molar-refractivity contribution >= 4 is 11.3 Å². The van der Waals surface area contributed by atoms with Crippen LogP contribution in [-0.4, -0.2) is 11.5 Å². The van der Waals surface area contributed by atoms with Crippen molar-refractivity contribution in [3.63, 3.8) is 0 Å². The Morgan fingerprint density at radius 2 is 2.28 bits per heavy atom. The third kappa shape index (κ3) is 2.94. The van der Waals surface area contributed by atoms with E-state index in [4.69, 9.17) is 0 Å². The highest BCUT2D eigenvalue weighted by Crippen LogP contribution is 2.25. The van der Waals surface area contributed by atoms with Gasteiger partial charge < -0.3 is 5.32 Å². The fraction of sp³-hybridized carbons (Fsp3) is 0.357. The number of aromatic nitrogens is 1. The van der Waals surface area contributed by atoms with Crippen molar-refractivity contribution in [1.29, 1.82) is 0 Å². The van der Waals surface area contributed by atoms with Crippen LogP contribution in [0.15, 0.2) is 29.1 Å². The SMILES string of the molecule is CCCNC(c1cscn1)c1ccc(F)cc1C. The molecule has 1 N–H and O–H groups in total. The Kier molecular flexibility index (Phi) is 4.44. The first kappa shape index (κ1) is 13.2. The number of hydrogen-bond donors (Lipinski definition) is 1. The summed E-state index contributed by atoms with van der Waals surface area (Å²) in [5.41, 5.74) is 4.88. The molecule has 0 aliphatic heterocycles. The quantitative estimate of drug-likeness (QED) is 0.891. The molecule has 2 rings (SSSR count). The van der Waals surface area contributed by atoms with Crippen LogP contribution >= 0.6 is 11.3 Å². The summed E-state index contributed by atoms with van der Waals surface area (Å²) in [5, 5.41) is 5.51. The van der Waals surface area contributed by atoms with E-state index in [-0.39, 0.29) is 11.9 Å². The normalized spacial score (nSPS) is 12.6. The lowest BCUT2D eigenvalue weighted by Gasteiger charge is -2.19. The third-order valence-corrected chi connectivity index (χ3v) is 3.49. The Morgan fingerprint density at radius 3 is 2.89 bits per heavy atom. The van der Waals surface area contributed by atoms with Gasteiger partial charge in [-0.2, -0.15) is 0 Å². The molecule has 2 aromatic rings. The zero-order chi connectivity index (χ0) is 13.0. The lowest BCUT2D eigenvalue weighted by atomic mass is 9.99. The summed E-state index contributed by atoms with van der Waals surface area (Å²) in [6, 6.07) is 4.98. The van der Waals surface area contributed by atoms with Gasteiger partial charge in [-0.05, 0) is 43.1 Å². The van der Waals surface area contributed by atoms with E-state index in [1.54, 1.807) is 17.4 Å². The molecule has 96 valence electrons. The molecule has 4 heteroatoms. The molecule has 0 saturated heterocycles. The van der Waals surface area contributed by atoms with Gasteiger partial charge in [-0.25, -0.2) is 9.37 Å². The molecule has 0 aliphatic rings. The van der Waals surface area contributed by atoms with Gasteiger partial charge in [0.15, 0.2) is 0 Å². The van der Waals surface area contributed by atoms with Crippen LogP contribution in [0.1, 0.15) is 36.2 Å². The Bertz CT molecular complexity index is 497. The molecule has 1 heterocycles. The summed E-state index contributed by atoms with van der Waals surface area (Å²) >= 11 is 1.58. The average molecular weight is 264 g/mol. The highest BCUT2D eigenvalue weighted by atomic mass is 32.1. The second kappa shape index (κ2) is 6.07. The topological polar surface area (TPSA) is 24.9 Å².